The molecule has 0 spiro atoms. The normalized spacial score (nSPS) is 18.4. The second-order valence-electron chi connectivity index (χ2n) is 8.50. The summed E-state index contributed by atoms with van der Waals surface area (Å²) in [5.74, 6) is -1.75. The quantitative estimate of drug-likeness (QED) is 0.499. The Hall–Kier alpha value is -4.17. The van der Waals surface area contributed by atoms with Crippen LogP contribution < -0.4 is 10.6 Å². The number of amides is 2. The number of anilines is 1. The largest absolute Gasteiger partial charge is 0.478 e. The highest BCUT2D eigenvalue weighted by atomic mass is 16.6. The maximum Gasteiger partial charge on any atom is 0.407 e. The summed E-state index contributed by atoms with van der Waals surface area (Å²) in [6.07, 6.45) is -1.16. The van der Waals surface area contributed by atoms with Gasteiger partial charge in [0.15, 0.2) is 6.10 Å². The van der Waals surface area contributed by atoms with E-state index in [1.54, 1.807) is 12.1 Å². The van der Waals surface area contributed by atoms with Gasteiger partial charge in [-0.25, -0.2) is 9.59 Å². The molecule has 8 heteroatoms. The average molecular weight is 472 g/mol. The summed E-state index contributed by atoms with van der Waals surface area (Å²) in [5, 5.41) is 14.7. The molecule has 0 radical (unpaired) electrons. The van der Waals surface area contributed by atoms with Gasteiger partial charge >= 0.3 is 12.1 Å². The van der Waals surface area contributed by atoms with E-state index in [1.807, 2.05) is 36.4 Å². The van der Waals surface area contributed by atoms with Crippen molar-refractivity contribution in [2.45, 2.75) is 24.5 Å². The highest BCUT2D eigenvalue weighted by Crippen LogP contribution is 2.44. The summed E-state index contributed by atoms with van der Waals surface area (Å²) >= 11 is 0. The maximum atomic E-state index is 12.8. The first kappa shape index (κ1) is 22.6. The zero-order chi connectivity index (χ0) is 24.4. The van der Waals surface area contributed by atoms with Gasteiger partial charge in [-0.15, -0.1) is 0 Å². The number of carbonyl (C=O) groups excluding carboxylic acids is 2. The molecule has 3 aromatic carbocycles. The number of para-hydroxylation sites is 1. The summed E-state index contributed by atoms with van der Waals surface area (Å²) in [7, 11) is 0. The van der Waals surface area contributed by atoms with Crippen molar-refractivity contribution in [1.29, 1.82) is 0 Å². The molecular formula is C27H24N2O6. The lowest BCUT2D eigenvalue weighted by molar-refractivity contribution is -0.125. The number of carboxylic acids is 1. The molecule has 1 saturated heterocycles. The van der Waals surface area contributed by atoms with E-state index in [2.05, 4.69) is 22.8 Å². The highest BCUT2D eigenvalue weighted by molar-refractivity contribution is 6.02. The van der Waals surface area contributed by atoms with Gasteiger partial charge in [0.25, 0.3) is 5.91 Å². The zero-order valence-corrected chi connectivity index (χ0v) is 18.8. The third-order valence-electron chi connectivity index (χ3n) is 6.41. The number of ether oxygens (including phenoxy) is 2. The van der Waals surface area contributed by atoms with Crippen LogP contribution in [0.5, 0.6) is 0 Å². The van der Waals surface area contributed by atoms with Crippen LogP contribution in [-0.2, 0) is 14.3 Å². The minimum atomic E-state index is -1.15. The molecular weight excluding hydrogens is 448 g/mol. The topological polar surface area (TPSA) is 114 Å². The van der Waals surface area contributed by atoms with Crippen LogP contribution in [-0.4, -0.2) is 48.4 Å². The fourth-order valence-electron chi connectivity index (χ4n) is 4.77. The lowest BCUT2D eigenvalue weighted by atomic mass is 9.98. The van der Waals surface area contributed by atoms with Crippen LogP contribution in [0.4, 0.5) is 10.5 Å². The van der Waals surface area contributed by atoms with E-state index in [1.165, 1.54) is 12.1 Å². The minimum Gasteiger partial charge on any atom is -0.478 e. The summed E-state index contributed by atoms with van der Waals surface area (Å²) in [6.45, 7) is 0.448. The molecule has 2 amide bonds. The molecule has 5 rings (SSSR count). The molecule has 2 atom stereocenters. The van der Waals surface area contributed by atoms with Crippen LogP contribution in [0, 0.1) is 0 Å². The molecule has 35 heavy (non-hydrogen) atoms. The van der Waals surface area contributed by atoms with Crippen LogP contribution in [0.1, 0.15) is 33.8 Å². The second kappa shape index (κ2) is 9.60. The molecule has 1 aliphatic carbocycles. The van der Waals surface area contributed by atoms with Gasteiger partial charge in [0.05, 0.1) is 17.3 Å². The van der Waals surface area contributed by atoms with Gasteiger partial charge in [-0.2, -0.15) is 0 Å². The summed E-state index contributed by atoms with van der Waals surface area (Å²) in [5.41, 5.74) is 4.64. The molecule has 0 aromatic heterocycles. The van der Waals surface area contributed by atoms with Crippen molar-refractivity contribution in [2.24, 2.45) is 0 Å². The van der Waals surface area contributed by atoms with Crippen LogP contribution >= 0.6 is 0 Å². The number of rotatable bonds is 6. The number of aromatic carboxylic acids is 1. The van der Waals surface area contributed by atoms with Gasteiger partial charge in [0.1, 0.15) is 6.61 Å². The van der Waals surface area contributed by atoms with E-state index in [9.17, 15) is 19.5 Å². The van der Waals surface area contributed by atoms with Crippen LogP contribution in [0.2, 0.25) is 0 Å². The fourth-order valence-corrected chi connectivity index (χ4v) is 4.77. The fraction of sp³-hybridized carbons (Fsp3) is 0.222. The van der Waals surface area contributed by atoms with Crippen molar-refractivity contribution in [3.05, 3.63) is 89.5 Å². The first-order chi connectivity index (χ1) is 17.0. The predicted octanol–water partition coefficient (Wildman–Crippen LogP) is 4.02. The molecule has 178 valence electrons. The van der Waals surface area contributed by atoms with Crippen molar-refractivity contribution in [2.75, 3.05) is 18.5 Å². The number of nitrogens with one attached hydrogen (secondary N) is 2. The van der Waals surface area contributed by atoms with Crippen LogP contribution in [0.25, 0.3) is 11.1 Å². The predicted molar refractivity (Wildman–Crippen MR) is 128 cm³/mol. The molecule has 1 aliphatic heterocycles. The van der Waals surface area contributed by atoms with Crippen molar-refractivity contribution < 1.29 is 29.0 Å². The molecule has 1 heterocycles. The number of benzene rings is 3. The lowest BCUT2D eigenvalue weighted by Crippen LogP contribution is -2.46. The molecule has 8 nitrogen and oxygen atoms in total. The average Bonchev–Trinajstić information content (AvgIpc) is 3.45. The van der Waals surface area contributed by atoms with E-state index in [-0.39, 0.29) is 30.4 Å². The summed E-state index contributed by atoms with van der Waals surface area (Å²) in [6, 6.07) is 21.7. The number of alkyl carbamates (subject to hydrolysis) is 1. The monoisotopic (exact) mass is 472 g/mol. The Kier molecular flexibility index (Phi) is 6.20. The third kappa shape index (κ3) is 4.48. The number of hydrogen-bond acceptors (Lipinski definition) is 5. The number of fused-ring (bicyclic) bond motifs is 3. The molecule has 2 aliphatic rings. The van der Waals surface area contributed by atoms with Gasteiger partial charge in [0, 0.05) is 12.5 Å². The first-order valence-electron chi connectivity index (χ1n) is 11.4. The Balaban J connectivity index is 1.22. The second-order valence-corrected chi connectivity index (χ2v) is 8.50. The van der Waals surface area contributed by atoms with Gasteiger partial charge in [0.2, 0.25) is 0 Å². The number of carboxylic acid groups (broad SMARTS) is 1. The molecule has 0 unspecified atom stereocenters. The Bertz CT molecular complexity index is 1240. The van der Waals surface area contributed by atoms with Gasteiger partial charge in [-0.05, 0) is 40.8 Å². The molecule has 0 bridgehead atoms. The zero-order valence-electron chi connectivity index (χ0n) is 18.8. The summed E-state index contributed by atoms with van der Waals surface area (Å²) in [4.78, 5) is 36.9. The number of hydrogen-bond donors (Lipinski definition) is 3. The van der Waals surface area contributed by atoms with Gasteiger partial charge in [-0.3, -0.25) is 4.79 Å². The molecule has 0 saturated carbocycles. The maximum absolute atomic E-state index is 12.8. The highest BCUT2D eigenvalue weighted by Gasteiger charge is 2.36. The first-order valence-corrected chi connectivity index (χ1v) is 11.4. The van der Waals surface area contributed by atoms with E-state index in [0.717, 1.165) is 22.3 Å². The van der Waals surface area contributed by atoms with Crippen molar-refractivity contribution in [1.82, 2.24) is 5.32 Å². The number of carbonyl (C=O) groups is 3. The smallest absolute Gasteiger partial charge is 0.407 e. The molecule has 3 N–H and O–H groups in total. The van der Waals surface area contributed by atoms with E-state index in [4.69, 9.17) is 9.47 Å². The third-order valence-corrected chi connectivity index (χ3v) is 6.41. The van der Waals surface area contributed by atoms with Crippen LogP contribution in [0.15, 0.2) is 72.8 Å². The Morgan fingerprint density at radius 1 is 0.914 bits per heavy atom. The van der Waals surface area contributed by atoms with E-state index < -0.39 is 30.1 Å². The Morgan fingerprint density at radius 3 is 2.23 bits per heavy atom. The van der Waals surface area contributed by atoms with Crippen molar-refractivity contribution in [3.8, 4) is 11.1 Å². The van der Waals surface area contributed by atoms with E-state index in [0.29, 0.717) is 6.42 Å². The standard InChI is InChI=1S/C27H24N2O6/c30-25(28-22-12-6-5-11-20(22)26(31)32)24-23(13-14-34-24)29-27(33)35-15-21-18-9-3-1-7-16(18)17-8-2-4-10-19(17)21/h1-12,21,23-24H,13-15H2,(H,28,30)(H,29,33)(H,31,32)/t23-,24+/m0/s1. The minimum absolute atomic E-state index is 0.0279. The van der Waals surface area contributed by atoms with Crippen molar-refractivity contribution >= 4 is 23.7 Å². The summed E-state index contributed by atoms with van der Waals surface area (Å²) < 4.78 is 11.1. The molecule has 3 aromatic rings. The van der Waals surface area contributed by atoms with Crippen LogP contribution in [0.3, 0.4) is 0 Å². The van der Waals surface area contributed by atoms with E-state index >= 15 is 0 Å². The van der Waals surface area contributed by atoms with Gasteiger partial charge in [-0.1, -0.05) is 60.7 Å². The molecule has 1 fully saturated rings. The van der Waals surface area contributed by atoms with Gasteiger partial charge < -0.3 is 25.2 Å². The Morgan fingerprint density at radius 2 is 1.54 bits per heavy atom. The van der Waals surface area contributed by atoms with Crippen molar-refractivity contribution in [3.63, 3.8) is 0 Å². The Labute approximate surface area is 201 Å². The SMILES string of the molecule is O=C(N[C@H]1CCO[C@H]1C(=O)Nc1ccccc1C(=O)O)OCC1c2ccccc2-c2ccccc21. The lowest BCUT2D eigenvalue weighted by Gasteiger charge is -2.20.